The number of aromatic nitrogens is 3. The molecular formula is C12H8FN3O. The highest BCUT2D eigenvalue weighted by Crippen LogP contribution is 2.22. The van der Waals surface area contributed by atoms with Gasteiger partial charge in [-0.1, -0.05) is 0 Å². The lowest BCUT2D eigenvalue weighted by Crippen LogP contribution is -1.94. The molecule has 5 heteroatoms. The van der Waals surface area contributed by atoms with Crippen LogP contribution in [0.4, 0.5) is 4.39 Å². The fourth-order valence-corrected chi connectivity index (χ4v) is 1.72. The van der Waals surface area contributed by atoms with Crippen LogP contribution < -0.4 is 0 Å². The lowest BCUT2D eigenvalue weighted by Gasteiger charge is -1.99. The molecule has 0 aliphatic carbocycles. The number of halogens is 1. The summed E-state index contributed by atoms with van der Waals surface area (Å²) in [7, 11) is 0. The van der Waals surface area contributed by atoms with E-state index in [2.05, 4.69) is 9.97 Å². The highest BCUT2D eigenvalue weighted by Gasteiger charge is 2.12. The number of imidazole rings is 1. The molecule has 0 radical (unpaired) electrons. The molecule has 0 amide bonds. The van der Waals surface area contributed by atoms with Crippen LogP contribution in [0.25, 0.3) is 22.4 Å². The van der Waals surface area contributed by atoms with Crippen LogP contribution in [0.3, 0.4) is 0 Å². The zero-order chi connectivity index (χ0) is 11.8. The van der Waals surface area contributed by atoms with E-state index in [0.29, 0.717) is 22.4 Å². The number of hydrogen-bond acceptors (Lipinski definition) is 3. The lowest BCUT2D eigenvalue weighted by molar-refractivity contribution is 0.203. The predicted octanol–water partition coefficient (Wildman–Crippen LogP) is 2.47. The third-order valence-electron chi connectivity index (χ3n) is 2.51. The Kier molecular flexibility index (Phi) is 2.04. The standard InChI is InChI=1S/C12H8FN3O/c13-9-3-4-10-11(6-9)16(17)12(15-10)8-2-1-5-14-7-8/h1-7,17H. The number of rotatable bonds is 1. The van der Waals surface area contributed by atoms with Crippen LogP contribution in [0.15, 0.2) is 42.7 Å². The topological polar surface area (TPSA) is 50.9 Å². The first-order valence-electron chi connectivity index (χ1n) is 5.03. The van der Waals surface area contributed by atoms with E-state index in [1.165, 1.54) is 18.2 Å². The minimum Gasteiger partial charge on any atom is -0.426 e. The monoisotopic (exact) mass is 229 g/mol. The van der Waals surface area contributed by atoms with Gasteiger partial charge in [-0.05, 0) is 24.3 Å². The molecule has 3 aromatic rings. The Morgan fingerprint density at radius 1 is 1.24 bits per heavy atom. The molecule has 0 saturated carbocycles. The maximum atomic E-state index is 13.1. The summed E-state index contributed by atoms with van der Waals surface area (Å²) in [4.78, 5) is 8.18. The quantitative estimate of drug-likeness (QED) is 0.652. The molecule has 4 nitrogen and oxygen atoms in total. The van der Waals surface area contributed by atoms with Crippen molar-refractivity contribution in [1.29, 1.82) is 0 Å². The van der Waals surface area contributed by atoms with Crippen molar-refractivity contribution in [3.8, 4) is 11.4 Å². The van der Waals surface area contributed by atoms with Crippen LogP contribution >= 0.6 is 0 Å². The molecule has 1 aromatic carbocycles. The number of benzene rings is 1. The van der Waals surface area contributed by atoms with Gasteiger partial charge in [-0.15, -0.1) is 0 Å². The summed E-state index contributed by atoms with van der Waals surface area (Å²) in [6.45, 7) is 0. The van der Waals surface area contributed by atoms with Gasteiger partial charge in [0.15, 0.2) is 5.82 Å². The normalized spacial score (nSPS) is 10.9. The van der Waals surface area contributed by atoms with E-state index >= 15 is 0 Å². The zero-order valence-electron chi connectivity index (χ0n) is 8.71. The van der Waals surface area contributed by atoms with Gasteiger partial charge in [-0.2, -0.15) is 4.73 Å². The second kappa shape index (κ2) is 3.55. The third kappa shape index (κ3) is 1.52. The van der Waals surface area contributed by atoms with Gasteiger partial charge in [-0.25, -0.2) is 9.37 Å². The van der Waals surface area contributed by atoms with E-state index in [0.717, 1.165) is 4.73 Å². The second-order valence-electron chi connectivity index (χ2n) is 3.62. The molecule has 0 unspecified atom stereocenters. The van der Waals surface area contributed by atoms with Gasteiger partial charge >= 0.3 is 0 Å². The van der Waals surface area contributed by atoms with Gasteiger partial charge in [0.2, 0.25) is 0 Å². The molecule has 0 aliphatic heterocycles. The van der Waals surface area contributed by atoms with Crippen molar-refractivity contribution in [2.75, 3.05) is 0 Å². The fraction of sp³-hybridized carbons (Fsp3) is 0. The Morgan fingerprint density at radius 2 is 2.12 bits per heavy atom. The molecule has 3 rings (SSSR count). The summed E-state index contributed by atoms with van der Waals surface area (Å²) in [5.74, 6) is -0.0656. The van der Waals surface area contributed by atoms with Crippen LogP contribution in [0.5, 0.6) is 0 Å². The van der Waals surface area contributed by atoms with Crippen LogP contribution in [-0.4, -0.2) is 19.9 Å². The molecular weight excluding hydrogens is 221 g/mol. The largest absolute Gasteiger partial charge is 0.426 e. The Labute approximate surface area is 95.9 Å². The van der Waals surface area contributed by atoms with E-state index < -0.39 is 5.82 Å². The van der Waals surface area contributed by atoms with Gasteiger partial charge in [0.05, 0.1) is 5.52 Å². The Hall–Kier alpha value is -2.43. The summed E-state index contributed by atoms with van der Waals surface area (Å²) < 4.78 is 13.9. The Bertz CT molecular complexity index is 679. The smallest absolute Gasteiger partial charge is 0.178 e. The highest BCUT2D eigenvalue weighted by molar-refractivity contribution is 5.79. The summed E-state index contributed by atoms with van der Waals surface area (Å²) in [5.41, 5.74) is 1.54. The lowest BCUT2D eigenvalue weighted by atomic mass is 10.3. The van der Waals surface area contributed by atoms with Crippen LogP contribution in [-0.2, 0) is 0 Å². The summed E-state index contributed by atoms with van der Waals surface area (Å²) in [6, 6.07) is 7.59. The number of hydrogen-bond donors (Lipinski definition) is 1. The fourth-order valence-electron chi connectivity index (χ4n) is 1.72. The van der Waals surface area contributed by atoms with E-state index in [4.69, 9.17) is 0 Å². The van der Waals surface area contributed by atoms with Crippen molar-refractivity contribution in [2.45, 2.75) is 0 Å². The molecule has 1 N–H and O–H groups in total. The molecule has 0 fully saturated rings. The van der Waals surface area contributed by atoms with Crippen molar-refractivity contribution in [1.82, 2.24) is 14.7 Å². The van der Waals surface area contributed by atoms with Gasteiger partial charge in [0.1, 0.15) is 11.3 Å². The van der Waals surface area contributed by atoms with Crippen molar-refractivity contribution in [2.24, 2.45) is 0 Å². The number of nitrogens with zero attached hydrogens (tertiary/aromatic N) is 3. The van der Waals surface area contributed by atoms with Crippen LogP contribution in [0, 0.1) is 5.82 Å². The average molecular weight is 229 g/mol. The predicted molar refractivity (Wildman–Crippen MR) is 60.1 cm³/mol. The maximum Gasteiger partial charge on any atom is 0.178 e. The van der Waals surface area contributed by atoms with Crippen LogP contribution in [0.1, 0.15) is 0 Å². The molecule has 17 heavy (non-hydrogen) atoms. The van der Waals surface area contributed by atoms with Crippen molar-refractivity contribution < 1.29 is 9.60 Å². The molecule has 0 saturated heterocycles. The second-order valence-corrected chi connectivity index (χ2v) is 3.62. The van der Waals surface area contributed by atoms with Gasteiger partial charge in [-0.3, -0.25) is 4.98 Å². The summed E-state index contributed by atoms with van der Waals surface area (Å²) in [5, 5.41) is 9.93. The first-order chi connectivity index (χ1) is 8.25. The van der Waals surface area contributed by atoms with Gasteiger partial charge in [0, 0.05) is 24.0 Å². The van der Waals surface area contributed by atoms with E-state index in [1.807, 2.05) is 0 Å². The first-order valence-corrected chi connectivity index (χ1v) is 5.03. The van der Waals surface area contributed by atoms with E-state index in [-0.39, 0.29) is 0 Å². The number of fused-ring (bicyclic) bond motifs is 1. The Balaban J connectivity index is 2.28. The van der Waals surface area contributed by atoms with Crippen molar-refractivity contribution in [3.05, 3.63) is 48.5 Å². The van der Waals surface area contributed by atoms with Gasteiger partial charge < -0.3 is 5.21 Å². The van der Waals surface area contributed by atoms with Crippen LogP contribution in [0.2, 0.25) is 0 Å². The summed E-state index contributed by atoms with van der Waals surface area (Å²) >= 11 is 0. The zero-order valence-corrected chi connectivity index (χ0v) is 8.71. The molecule has 2 aromatic heterocycles. The van der Waals surface area contributed by atoms with E-state index in [9.17, 15) is 9.60 Å². The minimum atomic E-state index is -0.412. The first kappa shape index (κ1) is 9.77. The van der Waals surface area contributed by atoms with Crippen molar-refractivity contribution in [3.63, 3.8) is 0 Å². The molecule has 2 heterocycles. The molecule has 0 atom stereocenters. The maximum absolute atomic E-state index is 13.1. The molecule has 0 bridgehead atoms. The number of pyridine rings is 1. The minimum absolute atomic E-state index is 0.337. The van der Waals surface area contributed by atoms with E-state index in [1.54, 1.807) is 24.5 Å². The third-order valence-corrected chi connectivity index (χ3v) is 2.51. The average Bonchev–Trinajstić information content (AvgIpc) is 2.68. The molecule has 0 aliphatic rings. The Morgan fingerprint density at radius 3 is 2.88 bits per heavy atom. The van der Waals surface area contributed by atoms with Gasteiger partial charge in [0.25, 0.3) is 0 Å². The summed E-state index contributed by atoms with van der Waals surface area (Å²) in [6.07, 6.45) is 3.22. The van der Waals surface area contributed by atoms with Crippen molar-refractivity contribution >= 4 is 11.0 Å². The highest BCUT2D eigenvalue weighted by atomic mass is 19.1. The molecule has 84 valence electrons. The SMILES string of the molecule is On1c(-c2cccnc2)nc2ccc(F)cc21. The molecule has 0 spiro atoms.